The van der Waals surface area contributed by atoms with Crippen molar-refractivity contribution < 1.29 is 4.79 Å². The minimum atomic E-state index is -0.350. The van der Waals surface area contributed by atoms with E-state index in [0.717, 1.165) is 19.5 Å². The Hall–Kier alpha value is -0.0300. The number of piperidine rings is 1. The zero-order valence-electron chi connectivity index (χ0n) is 13.1. The van der Waals surface area contributed by atoms with Gasteiger partial charge in [0.1, 0.15) is 0 Å². The maximum atomic E-state index is 12.0. The second kappa shape index (κ2) is 10.7. The van der Waals surface area contributed by atoms with Crippen LogP contribution in [0.4, 0.5) is 0 Å². The molecule has 2 atom stereocenters. The molecule has 0 aromatic carbocycles. The van der Waals surface area contributed by atoms with Crippen molar-refractivity contribution in [2.45, 2.75) is 51.5 Å². The smallest absolute Gasteiger partial charge is 0.239 e. The SMILES string of the molecule is C[C@@H](N)C(=O)N1CCCC(CN2CCCCCC2)C1.Cl.Cl. The molecular formula is C15H31Cl2N3O. The van der Waals surface area contributed by atoms with Gasteiger partial charge in [-0.2, -0.15) is 0 Å². The van der Waals surface area contributed by atoms with E-state index in [1.165, 1.54) is 51.7 Å². The van der Waals surface area contributed by atoms with Gasteiger partial charge in [0.25, 0.3) is 0 Å². The third kappa shape index (κ3) is 6.72. The average Bonchev–Trinajstić information content (AvgIpc) is 2.66. The van der Waals surface area contributed by atoms with Gasteiger partial charge in [0.15, 0.2) is 0 Å². The molecule has 4 nitrogen and oxygen atoms in total. The molecule has 2 heterocycles. The molecule has 1 unspecified atom stereocenters. The average molecular weight is 340 g/mol. The first kappa shape index (κ1) is 21.0. The standard InChI is InChI=1S/C15H29N3O.2ClH/c1-13(16)15(19)18-10-6-7-14(12-18)11-17-8-4-2-3-5-9-17;;/h13-14H,2-12,16H2,1H3;2*1H/t13-,14?;;/m1../s1. The molecule has 0 radical (unpaired) electrons. The summed E-state index contributed by atoms with van der Waals surface area (Å²) >= 11 is 0. The molecule has 2 rings (SSSR count). The van der Waals surface area contributed by atoms with E-state index < -0.39 is 0 Å². The highest BCUT2D eigenvalue weighted by Crippen LogP contribution is 2.20. The lowest BCUT2D eigenvalue weighted by molar-refractivity contribution is -0.134. The molecule has 0 aromatic rings. The molecular weight excluding hydrogens is 309 g/mol. The van der Waals surface area contributed by atoms with E-state index in [-0.39, 0.29) is 36.8 Å². The van der Waals surface area contributed by atoms with Gasteiger partial charge in [-0.3, -0.25) is 4.79 Å². The van der Waals surface area contributed by atoms with Crippen molar-refractivity contribution in [3.8, 4) is 0 Å². The van der Waals surface area contributed by atoms with Crippen molar-refractivity contribution in [3.05, 3.63) is 0 Å². The zero-order valence-corrected chi connectivity index (χ0v) is 14.8. The molecule has 1 amide bonds. The summed E-state index contributed by atoms with van der Waals surface area (Å²) in [5, 5.41) is 0. The van der Waals surface area contributed by atoms with Crippen LogP contribution in [0.3, 0.4) is 0 Å². The molecule has 0 bridgehead atoms. The molecule has 0 spiro atoms. The molecule has 2 aliphatic heterocycles. The van der Waals surface area contributed by atoms with E-state index >= 15 is 0 Å². The summed E-state index contributed by atoms with van der Waals surface area (Å²) in [7, 11) is 0. The number of nitrogens with zero attached hydrogens (tertiary/aromatic N) is 2. The van der Waals surface area contributed by atoms with Gasteiger partial charge in [0.2, 0.25) is 5.91 Å². The Morgan fingerprint density at radius 3 is 2.29 bits per heavy atom. The van der Waals surface area contributed by atoms with Crippen molar-refractivity contribution >= 4 is 30.7 Å². The largest absolute Gasteiger partial charge is 0.341 e. The molecule has 2 N–H and O–H groups in total. The van der Waals surface area contributed by atoms with Crippen LogP contribution in [-0.2, 0) is 4.79 Å². The molecule has 126 valence electrons. The van der Waals surface area contributed by atoms with Crippen LogP contribution in [0.15, 0.2) is 0 Å². The van der Waals surface area contributed by atoms with Crippen molar-refractivity contribution in [1.82, 2.24) is 9.80 Å². The normalized spacial score (nSPS) is 25.2. The number of hydrogen-bond donors (Lipinski definition) is 1. The van der Waals surface area contributed by atoms with Crippen molar-refractivity contribution in [1.29, 1.82) is 0 Å². The lowest BCUT2D eigenvalue weighted by Gasteiger charge is -2.36. The maximum Gasteiger partial charge on any atom is 0.239 e. The van der Waals surface area contributed by atoms with E-state index in [1.807, 2.05) is 4.90 Å². The van der Waals surface area contributed by atoms with Gasteiger partial charge in [-0.1, -0.05) is 12.8 Å². The number of hydrogen-bond acceptors (Lipinski definition) is 3. The highest BCUT2D eigenvalue weighted by Gasteiger charge is 2.26. The Morgan fingerprint density at radius 2 is 1.71 bits per heavy atom. The number of amides is 1. The number of rotatable bonds is 3. The quantitative estimate of drug-likeness (QED) is 0.858. The Balaban J connectivity index is 0.00000200. The first-order chi connectivity index (χ1) is 9.16. The molecule has 0 aliphatic carbocycles. The van der Waals surface area contributed by atoms with Crippen LogP contribution in [0, 0.1) is 5.92 Å². The first-order valence-electron chi connectivity index (χ1n) is 7.93. The van der Waals surface area contributed by atoms with Crippen molar-refractivity contribution in [2.75, 3.05) is 32.7 Å². The Labute approximate surface area is 141 Å². The zero-order chi connectivity index (χ0) is 13.7. The molecule has 21 heavy (non-hydrogen) atoms. The molecule has 0 aromatic heterocycles. The third-order valence-electron chi connectivity index (χ3n) is 4.44. The van der Waals surface area contributed by atoms with Crippen molar-refractivity contribution in [3.63, 3.8) is 0 Å². The minimum absolute atomic E-state index is 0. The van der Waals surface area contributed by atoms with Gasteiger partial charge in [-0.25, -0.2) is 0 Å². The van der Waals surface area contributed by atoms with Gasteiger partial charge in [0.05, 0.1) is 6.04 Å². The summed E-state index contributed by atoms with van der Waals surface area (Å²) in [6.45, 7) is 7.27. The lowest BCUT2D eigenvalue weighted by Crippen LogP contribution is -2.48. The summed E-state index contributed by atoms with van der Waals surface area (Å²) < 4.78 is 0. The predicted molar refractivity (Wildman–Crippen MR) is 92.4 cm³/mol. The van der Waals surface area contributed by atoms with Crippen LogP contribution in [-0.4, -0.2) is 54.5 Å². The number of carbonyl (C=O) groups is 1. The molecule has 2 aliphatic rings. The van der Waals surface area contributed by atoms with E-state index in [0.29, 0.717) is 5.92 Å². The van der Waals surface area contributed by atoms with Crippen molar-refractivity contribution in [2.24, 2.45) is 11.7 Å². The van der Waals surface area contributed by atoms with E-state index in [2.05, 4.69) is 4.90 Å². The second-order valence-electron chi connectivity index (χ2n) is 6.30. The van der Waals surface area contributed by atoms with Crippen LogP contribution in [0.25, 0.3) is 0 Å². The van der Waals surface area contributed by atoms with Gasteiger partial charge in [-0.05, 0) is 51.6 Å². The predicted octanol–water partition coefficient (Wildman–Crippen LogP) is 2.29. The highest BCUT2D eigenvalue weighted by atomic mass is 35.5. The van der Waals surface area contributed by atoms with Crippen LogP contribution < -0.4 is 5.73 Å². The maximum absolute atomic E-state index is 12.0. The minimum Gasteiger partial charge on any atom is -0.341 e. The second-order valence-corrected chi connectivity index (χ2v) is 6.30. The lowest BCUT2D eigenvalue weighted by atomic mass is 9.96. The number of halogens is 2. The number of nitrogens with two attached hydrogens (primary N) is 1. The molecule has 0 saturated carbocycles. The fourth-order valence-corrected chi connectivity index (χ4v) is 3.39. The van der Waals surface area contributed by atoms with E-state index in [9.17, 15) is 4.79 Å². The van der Waals surface area contributed by atoms with Crippen LogP contribution in [0.2, 0.25) is 0 Å². The Morgan fingerprint density at radius 1 is 1.10 bits per heavy atom. The molecule has 2 saturated heterocycles. The Bertz CT molecular complexity index is 295. The topological polar surface area (TPSA) is 49.6 Å². The number of carbonyl (C=O) groups excluding carboxylic acids is 1. The van der Waals surface area contributed by atoms with Crippen LogP contribution >= 0.6 is 24.8 Å². The third-order valence-corrected chi connectivity index (χ3v) is 4.44. The summed E-state index contributed by atoms with van der Waals surface area (Å²) in [6.07, 6.45) is 7.85. The molecule has 6 heteroatoms. The summed E-state index contributed by atoms with van der Waals surface area (Å²) in [5.74, 6) is 0.773. The van der Waals surface area contributed by atoms with Gasteiger partial charge in [0, 0.05) is 19.6 Å². The highest BCUT2D eigenvalue weighted by molar-refractivity contribution is 5.85. The van der Waals surface area contributed by atoms with Crippen LogP contribution in [0.5, 0.6) is 0 Å². The fourth-order valence-electron chi connectivity index (χ4n) is 3.39. The summed E-state index contributed by atoms with van der Waals surface area (Å²) in [6, 6.07) is -0.350. The molecule has 2 fully saturated rings. The van der Waals surface area contributed by atoms with E-state index in [4.69, 9.17) is 5.73 Å². The van der Waals surface area contributed by atoms with Gasteiger partial charge < -0.3 is 15.5 Å². The fraction of sp³-hybridized carbons (Fsp3) is 0.933. The van der Waals surface area contributed by atoms with Crippen LogP contribution in [0.1, 0.15) is 45.4 Å². The first-order valence-corrected chi connectivity index (χ1v) is 7.93. The van der Waals surface area contributed by atoms with Gasteiger partial charge >= 0.3 is 0 Å². The monoisotopic (exact) mass is 339 g/mol. The van der Waals surface area contributed by atoms with Gasteiger partial charge in [-0.15, -0.1) is 24.8 Å². The number of likely N-dealkylation sites (tertiary alicyclic amines) is 2. The Kier molecular flexibility index (Phi) is 10.6. The summed E-state index contributed by atoms with van der Waals surface area (Å²) in [4.78, 5) is 16.6. The van der Waals surface area contributed by atoms with E-state index in [1.54, 1.807) is 6.92 Å². The summed E-state index contributed by atoms with van der Waals surface area (Å²) in [5.41, 5.74) is 5.72.